The summed E-state index contributed by atoms with van der Waals surface area (Å²) in [5, 5.41) is 0. The molecule has 0 radical (unpaired) electrons. The first-order chi connectivity index (χ1) is 8.83. The van der Waals surface area contributed by atoms with Crippen molar-refractivity contribution in [2.75, 3.05) is 11.0 Å². The van der Waals surface area contributed by atoms with Crippen LogP contribution in [0.4, 0.5) is 5.69 Å². The van der Waals surface area contributed by atoms with Gasteiger partial charge in [0.2, 0.25) is 10.0 Å². The maximum atomic E-state index is 11.2. The van der Waals surface area contributed by atoms with Crippen LogP contribution >= 0.6 is 0 Å². The minimum Gasteiger partial charge on any atom is -0.485 e. The Labute approximate surface area is 113 Å². The molecule has 106 valence electrons. The standard InChI is InChI=1S/C12H18N2O4S/c1-8(2)17-12-11(18-10-4-5-10)6-9(7-13-12)14-19(3,15)16/h6-8,10,14H,4-5H2,1-3H3. The molecule has 1 aromatic rings. The van der Waals surface area contributed by atoms with E-state index in [0.29, 0.717) is 17.3 Å². The highest BCUT2D eigenvalue weighted by molar-refractivity contribution is 7.92. The summed E-state index contributed by atoms with van der Waals surface area (Å²) in [5.74, 6) is 0.866. The zero-order valence-electron chi connectivity index (χ0n) is 11.2. The molecule has 1 N–H and O–H groups in total. The van der Waals surface area contributed by atoms with Crippen LogP contribution in [0.25, 0.3) is 0 Å². The van der Waals surface area contributed by atoms with E-state index < -0.39 is 10.0 Å². The predicted molar refractivity (Wildman–Crippen MR) is 72.1 cm³/mol. The summed E-state index contributed by atoms with van der Waals surface area (Å²) in [6, 6.07) is 1.60. The maximum absolute atomic E-state index is 11.2. The summed E-state index contributed by atoms with van der Waals surface area (Å²) in [6.45, 7) is 3.79. The van der Waals surface area contributed by atoms with E-state index in [-0.39, 0.29) is 12.2 Å². The minimum absolute atomic E-state index is 0.0252. The van der Waals surface area contributed by atoms with Crippen molar-refractivity contribution in [3.8, 4) is 11.6 Å². The maximum Gasteiger partial charge on any atom is 0.257 e. The average Bonchev–Trinajstić information content (AvgIpc) is 3.03. The Morgan fingerprint density at radius 3 is 2.63 bits per heavy atom. The smallest absolute Gasteiger partial charge is 0.257 e. The van der Waals surface area contributed by atoms with Gasteiger partial charge in [-0.3, -0.25) is 4.72 Å². The van der Waals surface area contributed by atoms with Gasteiger partial charge in [-0.15, -0.1) is 0 Å². The number of hydrogen-bond donors (Lipinski definition) is 1. The van der Waals surface area contributed by atoms with Gasteiger partial charge in [-0.2, -0.15) is 0 Å². The molecule has 0 aromatic carbocycles. The van der Waals surface area contributed by atoms with Gasteiger partial charge in [0.1, 0.15) is 0 Å². The highest BCUT2D eigenvalue weighted by Gasteiger charge is 2.26. The largest absolute Gasteiger partial charge is 0.485 e. The quantitative estimate of drug-likeness (QED) is 0.862. The van der Waals surface area contributed by atoms with E-state index in [1.165, 1.54) is 6.20 Å². The van der Waals surface area contributed by atoms with E-state index in [0.717, 1.165) is 19.1 Å². The fraction of sp³-hybridized carbons (Fsp3) is 0.583. The lowest BCUT2D eigenvalue weighted by Crippen LogP contribution is -2.12. The Hall–Kier alpha value is -1.50. The van der Waals surface area contributed by atoms with E-state index in [4.69, 9.17) is 9.47 Å². The molecule has 1 fully saturated rings. The number of hydrogen-bond acceptors (Lipinski definition) is 5. The molecule has 7 heteroatoms. The van der Waals surface area contributed by atoms with E-state index in [1.54, 1.807) is 6.07 Å². The first-order valence-corrected chi connectivity index (χ1v) is 8.04. The van der Waals surface area contributed by atoms with Crippen LogP contribution in [-0.2, 0) is 10.0 Å². The van der Waals surface area contributed by atoms with Gasteiger partial charge in [-0.25, -0.2) is 13.4 Å². The number of ether oxygens (including phenoxy) is 2. The molecule has 0 amide bonds. The Balaban J connectivity index is 2.23. The van der Waals surface area contributed by atoms with Crippen LogP contribution in [-0.4, -0.2) is 31.9 Å². The molecule has 1 saturated carbocycles. The fourth-order valence-electron chi connectivity index (χ4n) is 1.46. The molecule has 1 aromatic heterocycles. The Bertz CT molecular complexity index is 553. The molecule has 2 rings (SSSR count). The lowest BCUT2D eigenvalue weighted by atomic mass is 10.4. The number of aromatic nitrogens is 1. The van der Waals surface area contributed by atoms with Crippen LogP contribution < -0.4 is 14.2 Å². The van der Waals surface area contributed by atoms with Crippen molar-refractivity contribution in [2.45, 2.75) is 38.9 Å². The van der Waals surface area contributed by atoms with Crippen molar-refractivity contribution in [1.29, 1.82) is 0 Å². The molecule has 1 aliphatic carbocycles. The summed E-state index contributed by atoms with van der Waals surface area (Å²) in [6.07, 6.45) is 4.67. The van der Waals surface area contributed by atoms with Gasteiger partial charge in [-0.05, 0) is 26.7 Å². The molecule has 0 saturated heterocycles. The Morgan fingerprint density at radius 2 is 2.11 bits per heavy atom. The molecule has 6 nitrogen and oxygen atoms in total. The number of nitrogens with one attached hydrogen (secondary N) is 1. The molecule has 1 aliphatic rings. The van der Waals surface area contributed by atoms with Crippen LogP contribution in [0.3, 0.4) is 0 Å². The number of rotatable bonds is 6. The van der Waals surface area contributed by atoms with Gasteiger partial charge in [0.25, 0.3) is 5.88 Å². The Morgan fingerprint density at radius 1 is 1.42 bits per heavy atom. The van der Waals surface area contributed by atoms with E-state index >= 15 is 0 Å². The van der Waals surface area contributed by atoms with Crippen molar-refractivity contribution < 1.29 is 17.9 Å². The minimum atomic E-state index is -3.33. The normalized spacial score (nSPS) is 15.4. The average molecular weight is 286 g/mol. The summed E-state index contributed by atoms with van der Waals surface area (Å²) in [7, 11) is -3.33. The van der Waals surface area contributed by atoms with Gasteiger partial charge < -0.3 is 9.47 Å². The van der Waals surface area contributed by atoms with Crippen LogP contribution in [0.15, 0.2) is 12.3 Å². The molecule has 1 heterocycles. The van der Waals surface area contributed by atoms with Crippen molar-refractivity contribution in [1.82, 2.24) is 4.98 Å². The SMILES string of the molecule is CC(C)Oc1ncc(NS(C)(=O)=O)cc1OC1CC1. The number of pyridine rings is 1. The summed E-state index contributed by atoms with van der Waals surface area (Å²) in [4.78, 5) is 4.11. The molecule has 0 spiro atoms. The molecule has 0 unspecified atom stereocenters. The topological polar surface area (TPSA) is 77.5 Å². The fourth-order valence-corrected chi connectivity index (χ4v) is 2.00. The van der Waals surface area contributed by atoms with Crippen LogP contribution in [0.1, 0.15) is 26.7 Å². The van der Waals surface area contributed by atoms with Crippen LogP contribution in [0.5, 0.6) is 11.6 Å². The van der Waals surface area contributed by atoms with Crippen molar-refractivity contribution in [3.63, 3.8) is 0 Å². The van der Waals surface area contributed by atoms with Gasteiger partial charge in [-0.1, -0.05) is 0 Å². The second-order valence-electron chi connectivity index (χ2n) is 4.89. The molecular formula is C12H18N2O4S. The third kappa shape index (κ3) is 4.59. The third-order valence-corrected chi connectivity index (χ3v) is 2.89. The third-order valence-electron chi connectivity index (χ3n) is 2.29. The van der Waals surface area contributed by atoms with E-state index in [2.05, 4.69) is 9.71 Å². The lowest BCUT2D eigenvalue weighted by Gasteiger charge is -2.15. The van der Waals surface area contributed by atoms with Crippen LogP contribution in [0, 0.1) is 0 Å². The van der Waals surface area contributed by atoms with Crippen molar-refractivity contribution in [2.24, 2.45) is 0 Å². The Kier molecular flexibility index (Phi) is 3.84. The zero-order valence-corrected chi connectivity index (χ0v) is 12.0. The van der Waals surface area contributed by atoms with Gasteiger partial charge in [0.15, 0.2) is 5.75 Å². The first-order valence-electron chi connectivity index (χ1n) is 6.14. The second-order valence-corrected chi connectivity index (χ2v) is 6.63. The van der Waals surface area contributed by atoms with Crippen molar-refractivity contribution >= 4 is 15.7 Å². The van der Waals surface area contributed by atoms with E-state index in [9.17, 15) is 8.42 Å². The van der Waals surface area contributed by atoms with Crippen molar-refractivity contribution in [3.05, 3.63) is 12.3 Å². The highest BCUT2D eigenvalue weighted by Crippen LogP contribution is 2.34. The van der Waals surface area contributed by atoms with Gasteiger partial charge in [0, 0.05) is 6.07 Å². The first kappa shape index (κ1) is 13.9. The summed E-state index contributed by atoms with van der Waals surface area (Å²) in [5.41, 5.74) is 0.370. The van der Waals surface area contributed by atoms with E-state index in [1.807, 2.05) is 13.8 Å². The molecular weight excluding hydrogens is 268 g/mol. The number of sulfonamides is 1. The highest BCUT2D eigenvalue weighted by atomic mass is 32.2. The monoisotopic (exact) mass is 286 g/mol. The number of nitrogens with zero attached hydrogens (tertiary/aromatic N) is 1. The molecule has 0 bridgehead atoms. The van der Waals surface area contributed by atoms with Gasteiger partial charge >= 0.3 is 0 Å². The molecule has 0 atom stereocenters. The lowest BCUT2D eigenvalue weighted by molar-refractivity contribution is 0.208. The number of anilines is 1. The predicted octanol–water partition coefficient (Wildman–Crippen LogP) is 1.78. The van der Waals surface area contributed by atoms with Gasteiger partial charge in [0.05, 0.1) is 30.3 Å². The molecule has 19 heavy (non-hydrogen) atoms. The van der Waals surface area contributed by atoms with Crippen LogP contribution in [0.2, 0.25) is 0 Å². The second kappa shape index (κ2) is 5.24. The summed E-state index contributed by atoms with van der Waals surface area (Å²) < 4.78 is 36.0. The molecule has 0 aliphatic heterocycles. The zero-order chi connectivity index (χ0) is 14.0. The summed E-state index contributed by atoms with van der Waals surface area (Å²) >= 11 is 0.